The van der Waals surface area contributed by atoms with Crippen molar-refractivity contribution in [3.05, 3.63) is 30.1 Å². The topological polar surface area (TPSA) is 71.5 Å². The maximum absolute atomic E-state index is 12.4. The van der Waals surface area contributed by atoms with Crippen molar-refractivity contribution in [2.75, 3.05) is 20.1 Å². The molecule has 28 heavy (non-hydrogen) atoms. The Hall–Kier alpha value is -2.11. The second-order valence-corrected chi connectivity index (χ2v) is 8.83. The van der Waals surface area contributed by atoms with Gasteiger partial charge in [-0.2, -0.15) is 0 Å². The monoisotopic (exact) mass is 389 g/mol. The first-order valence-corrected chi connectivity index (χ1v) is 10.4. The fourth-order valence-electron chi connectivity index (χ4n) is 3.61. The molecule has 6 nitrogen and oxygen atoms in total. The van der Waals surface area contributed by atoms with Crippen LogP contribution in [0.2, 0.25) is 0 Å². The lowest BCUT2D eigenvalue weighted by atomic mass is 9.81. The van der Waals surface area contributed by atoms with Crippen LogP contribution in [0.1, 0.15) is 58.4 Å². The number of hydrogen-bond acceptors (Lipinski definition) is 4. The van der Waals surface area contributed by atoms with Crippen LogP contribution in [0.25, 0.3) is 0 Å². The van der Waals surface area contributed by atoms with E-state index in [0.717, 1.165) is 38.5 Å². The minimum atomic E-state index is -0.474. The van der Waals surface area contributed by atoms with E-state index < -0.39 is 5.60 Å². The van der Waals surface area contributed by atoms with Crippen LogP contribution in [0.3, 0.4) is 0 Å². The maximum Gasteiger partial charge on any atom is 0.410 e. The third-order valence-electron chi connectivity index (χ3n) is 5.15. The zero-order chi connectivity index (χ0) is 20.6. The van der Waals surface area contributed by atoms with Gasteiger partial charge in [0, 0.05) is 38.4 Å². The number of aryl methyl sites for hydroxylation is 1. The van der Waals surface area contributed by atoms with Crippen molar-refractivity contribution in [2.24, 2.45) is 11.8 Å². The molecule has 1 aromatic rings. The van der Waals surface area contributed by atoms with Gasteiger partial charge >= 0.3 is 6.09 Å². The Kier molecular flexibility index (Phi) is 8.27. The molecule has 156 valence electrons. The van der Waals surface area contributed by atoms with Crippen molar-refractivity contribution in [3.63, 3.8) is 0 Å². The fourth-order valence-corrected chi connectivity index (χ4v) is 3.61. The van der Waals surface area contributed by atoms with Crippen molar-refractivity contribution in [1.82, 2.24) is 15.2 Å². The van der Waals surface area contributed by atoms with Crippen molar-refractivity contribution in [1.29, 1.82) is 0 Å². The first-order chi connectivity index (χ1) is 13.2. The number of carbonyl (C=O) groups excluding carboxylic acids is 2. The first-order valence-electron chi connectivity index (χ1n) is 10.4. The summed E-state index contributed by atoms with van der Waals surface area (Å²) in [5.41, 5.74) is 0.775. The molecule has 0 aromatic carbocycles. The van der Waals surface area contributed by atoms with E-state index >= 15 is 0 Å². The predicted molar refractivity (Wildman–Crippen MR) is 110 cm³/mol. The van der Waals surface area contributed by atoms with Crippen LogP contribution in [0.5, 0.6) is 0 Å². The van der Waals surface area contributed by atoms with Crippen LogP contribution in [-0.4, -0.2) is 47.6 Å². The summed E-state index contributed by atoms with van der Waals surface area (Å²) in [6, 6.07) is 4.02. The quantitative estimate of drug-likeness (QED) is 0.720. The molecule has 6 heteroatoms. The summed E-state index contributed by atoms with van der Waals surface area (Å²) in [7, 11) is 1.79. The molecule has 0 saturated heterocycles. The van der Waals surface area contributed by atoms with Gasteiger partial charge in [-0.1, -0.05) is 0 Å². The molecule has 1 aromatic heterocycles. The second kappa shape index (κ2) is 10.4. The van der Waals surface area contributed by atoms with Gasteiger partial charge in [0.25, 0.3) is 0 Å². The minimum absolute atomic E-state index is 0.101. The molecule has 1 fully saturated rings. The molecule has 0 aliphatic heterocycles. The highest BCUT2D eigenvalue weighted by molar-refractivity contribution is 5.78. The van der Waals surface area contributed by atoms with E-state index in [-0.39, 0.29) is 17.9 Å². The number of rotatable bonds is 7. The summed E-state index contributed by atoms with van der Waals surface area (Å²) >= 11 is 0. The third kappa shape index (κ3) is 7.87. The average molecular weight is 390 g/mol. The van der Waals surface area contributed by atoms with E-state index in [1.165, 1.54) is 5.56 Å². The van der Waals surface area contributed by atoms with Gasteiger partial charge in [-0.05, 0) is 82.9 Å². The van der Waals surface area contributed by atoms with E-state index in [9.17, 15) is 9.59 Å². The average Bonchev–Trinajstić information content (AvgIpc) is 2.65. The van der Waals surface area contributed by atoms with Crippen LogP contribution in [0, 0.1) is 11.8 Å². The lowest BCUT2D eigenvalue weighted by molar-refractivity contribution is -0.126. The third-order valence-corrected chi connectivity index (χ3v) is 5.15. The summed E-state index contributed by atoms with van der Waals surface area (Å²) in [6.07, 6.45) is 8.94. The van der Waals surface area contributed by atoms with Gasteiger partial charge in [0.2, 0.25) is 5.91 Å². The van der Waals surface area contributed by atoms with Gasteiger partial charge in [0.1, 0.15) is 5.60 Å². The number of amides is 2. The van der Waals surface area contributed by atoms with Crippen molar-refractivity contribution in [2.45, 2.75) is 64.9 Å². The summed E-state index contributed by atoms with van der Waals surface area (Å²) in [5, 5.41) is 3.08. The molecule has 2 amide bonds. The van der Waals surface area contributed by atoms with Gasteiger partial charge in [0.05, 0.1) is 0 Å². The number of aromatic nitrogens is 1. The molecule has 0 unspecified atom stereocenters. The number of nitrogens with one attached hydrogen (secondary N) is 1. The molecular formula is C22H35N3O3. The Morgan fingerprint density at radius 3 is 2.43 bits per heavy atom. The van der Waals surface area contributed by atoms with Crippen LogP contribution < -0.4 is 5.32 Å². The first kappa shape index (κ1) is 22.2. The standard InChI is InChI=1S/C22H35N3O3/c1-22(2,3)28-21(27)25(4)16-18-7-9-19(10-8-18)20(26)24-13-5-6-17-11-14-23-15-12-17/h11-12,14-15,18-19H,5-10,13,16H2,1-4H3,(H,24,26). The van der Waals surface area contributed by atoms with E-state index in [4.69, 9.17) is 4.74 Å². The Labute approximate surface area is 169 Å². The van der Waals surface area contributed by atoms with E-state index in [2.05, 4.69) is 10.3 Å². The van der Waals surface area contributed by atoms with Crippen molar-refractivity contribution >= 4 is 12.0 Å². The minimum Gasteiger partial charge on any atom is -0.444 e. The number of hydrogen-bond donors (Lipinski definition) is 1. The van der Waals surface area contributed by atoms with Gasteiger partial charge in [-0.3, -0.25) is 9.78 Å². The molecule has 0 atom stereocenters. The molecular weight excluding hydrogens is 354 g/mol. The van der Waals surface area contributed by atoms with Gasteiger partial charge in [-0.25, -0.2) is 4.79 Å². The molecule has 1 aliphatic rings. The normalized spacial score (nSPS) is 19.7. The highest BCUT2D eigenvalue weighted by atomic mass is 16.6. The van der Waals surface area contributed by atoms with Crippen molar-refractivity contribution in [3.8, 4) is 0 Å². The van der Waals surface area contributed by atoms with Gasteiger partial charge in [0.15, 0.2) is 0 Å². The summed E-state index contributed by atoms with van der Waals surface area (Å²) in [6.45, 7) is 7.02. The Bertz CT molecular complexity index is 620. The Morgan fingerprint density at radius 2 is 1.82 bits per heavy atom. The van der Waals surface area contributed by atoms with E-state index in [1.54, 1.807) is 24.3 Å². The summed E-state index contributed by atoms with van der Waals surface area (Å²) < 4.78 is 5.41. The zero-order valence-electron chi connectivity index (χ0n) is 17.7. The smallest absolute Gasteiger partial charge is 0.410 e. The molecule has 1 N–H and O–H groups in total. The highest BCUT2D eigenvalue weighted by Crippen LogP contribution is 2.29. The molecule has 2 rings (SSSR count). The van der Waals surface area contributed by atoms with Crippen LogP contribution in [-0.2, 0) is 16.0 Å². The fraction of sp³-hybridized carbons (Fsp3) is 0.682. The number of carbonyl (C=O) groups is 2. The largest absolute Gasteiger partial charge is 0.444 e. The lowest BCUT2D eigenvalue weighted by Gasteiger charge is -2.31. The van der Waals surface area contributed by atoms with Crippen LogP contribution in [0.4, 0.5) is 4.79 Å². The SMILES string of the molecule is CN(CC1CCC(C(=O)NCCCc2ccncc2)CC1)C(=O)OC(C)(C)C. The zero-order valence-corrected chi connectivity index (χ0v) is 17.7. The highest BCUT2D eigenvalue weighted by Gasteiger charge is 2.28. The number of pyridine rings is 1. The molecule has 0 radical (unpaired) electrons. The van der Waals surface area contributed by atoms with Crippen LogP contribution >= 0.6 is 0 Å². The van der Waals surface area contributed by atoms with Gasteiger partial charge < -0.3 is 15.0 Å². The second-order valence-electron chi connectivity index (χ2n) is 8.83. The number of ether oxygens (including phenoxy) is 1. The maximum atomic E-state index is 12.4. The van der Waals surface area contributed by atoms with Gasteiger partial charge in [-0.15, -0.1) is 0 Å². The van der Waals surface area contributed by atoms with E-state index in [1.807, 2.05) is 32.9 Å². The number of nitrogens with zero attached hydrogens (tertiary/aromatic N) is 2. The predicted octanol–water partition coefficient (Wildman–Crippen LogP) is 3.80. The Balaban J connectivity index is 1.63. The molecule has 0 spiro atoms. The molecule has 1 aliphatic carbocycles. The summed E-state index contributed by atoms with van der Waals surface area (Å²) in [5.74, 6) is 0.714. The Morgan fingerprint density at radius 1 is 1.18 bits per heavy atom. The molecule has 1 saturated carbocycles. The van der Waals surface area contributed by atoms with Crippen LogP contribution in [0.15, 0.2) is 24.5 Å². The summed E-state index contributed by atoms with van der Waals surface area (Å²) in [4.78, 5) is 30.2. The lowest BCUT2D eigenvalue weighted by Crippen LogP contribution is -2.39. The molecule has 0 bridgehead atoms. The molecule has 1 heterocycles. The van der Waals surface area contributed by atoms with Crippen molar-refractivity contribution < 1.29 is 14.3 Å². The van der Waals surface area contributed by atoms with E-state index in [0.29, 0.717) is 19.0 Å².